The van der Waals surface area contributed by atoms with Crippen molar-refractivity contribution in [2.75, 3.05) is 6.54 Å². The number of carbonyl (C=O) groups excluding carboxylic acids is 1. The van der Waals surface area contributed by atoms with Gasteiger partial charge in [-0.05, 0) is 40.0 Å². The smallest absolute Gasteiger partial charge is 0.255 e. The third kappa shape index (κ3) is 2.49. The van der Waals surface area contributed by atoms with Crippen LogP contribution in [0.5, 0.6) is 0 Å². The maximum Gasteiger partial charge on any atom is 0.255 e. The number of carbonyl (C=O) groups is 1. The highest BCUT2D eigenvalue weighted by molar-refractivity contribution is 9.10. The second-order valence-corrected chi connectivity index (χ2v) is 5.19. The molecule has 3 aromatic rings. The van der Waals surface area contributed by atoms with Crippen LogP contribution in [-0.4, -0.2) is 17.4 Å². The number of furan rings is 1. The van der Waals surface area contributed by atoms with Crippen molar-refractivity contribution in [2.45, 2.75) is 6.42 Å². The summed E-state index contributed by atoms with van der Waals surface area (Å²) in [4.78, 5) is 15.1. The Morgan fingerprint density at radius 3 is 2.95 bits per heavy atom. The predicted octanol–water partition coefficient (Wildman–Crippen LogP) is 3.50. The average molecular weight is 333 g/mol. The van der Waals surface area contributed by atoms with E-state index in [4.69, 9.17) is 4.42 Å². The molecule has 0 aliphatic carbocycles. The zero-order valence-corrected chi connectivity index (χ0v) is 12.2. The van der Waals surface area contributed by atoms with Crippen molar-refractivity contribution < 1.29 is 9.21 Å². The van der Waals surface area contributed by atoms with Crippen molar-refractivity contribution in [3.05, 3.63) is 58.6 Å². The van der Waals surface area contributed by atoms with Crippen LogP contribution in [-0.2, 0) is 6.42 Å². The second-order valence-electron chi connectivity index (χ2n) is 4.47. The fraction of sp³-hybridized carbons (Fsp3) is 0.133. The van der Waals surface area contributed by atoms with E-state index >= 15 is 0 Å². The molecule has 102 valence electrons. The number of nitrogens with one attached hydrogen (secondary N) is 2. The van der Waals surface area contributed by atoms with Crippen LogP contribution in [0.1, 0.15) is 15.9 Å². The monoisotopic (exact) mass is 332 g/mol. The molecule has 2 heterocycles. The number of amides is 1. The summed E-state index contributed by atoms with van der Waals surface area (Å²) < 4.78 is 5.51. The maximum atomic E-state index is 11.9. The lowest BCUT2D eigenvalue weighted by Gasteiger charge is -2.03. The molecule has 4 nitrogen and oxygen atoms in total. The molecule has 1 amide bonds. The van der Waals surface area contributed by atoms with E-state index in [9.17, 15) is 4.79 Å². The summed E-state index contributed by atoms with van der Waals surface area (Å²) in [7, 11) is 0. The van der Waals surface area contributed by atoms with Crippen molar-refractivity contribution in [1.29, 1.82) is 0 Å². The van der Waals surface area contributed by atoms with Gasteiger partial charge in [0.15, 0.2) is 4.67 Å². The normalized spacial score (nSPS) is 10.8. The lowest BCUT2D eigenvalue weighted by atomic mass is 10.1. The van der Waals surface area contributed by atoms with Crippen LogP contribution in [0.4, 0.5) is 0 Å². The van der Waals surface area contributed by atoms with Gasteiger partial charge in [-0.25, -0.2) is 0 Å². The molecular weight excluding hydrogens is 320 g/mol. The second kappa shape index (κ2) is 5.54. The molecule has 0 aliphatic rings. The Bertz CT molecular complexity index is 745. The van der Waals surface area contributed by atoms with Gasteiger partial charge in [0.1, 0.15) is 0 Å². The molecule has 1 aromatic carbocycles. The Balaban J connectivity index is 1.63. The minimum atomic E-state index is -0.134. The molecular formula is C15H13BrN2O2. The Morgan fingerprint density at radius 2 is 2.15 bits per heavy atom. The number of hydrogen-bond acceptors (Lipinski definition) is 2. The molecule has 3 rings (SSSR count). The van der Waals surface area contributed by atoms with Crippen LogP contribution >= 0.6 is 15.9 Å². The molecule has 0 radical (unpaired) electrons. The number of fused-ring (bicyclic) bond motifs is 1. The number of H-pyrrole nitrogens is 1. The Kier molecular flexibility index (Phi) is 3.60. The summed E-state index contributed by atoms with van der Waals surface area (Å²) in [6, 6.07) is 9.78. The first kappa shape index (κ1) is 13.0. The van der Waals surface area contributed by atoms with E-state index in [1.54, 1.807) is 6.07 Å². The van der Waals surface area contributed by atoms with E-state index in [1.165, 1.54) is 17.2 Å². The highest BCUT2D eigenvalue weighted by Gasteiger charge is 2.12. The van der Waals surface area contributed by atoms with E-state index in [1.807, 2.05) is 24.4 Å². The van der Waals surface area contributed by atoms with Gasteiger partial charge in [-0.2, -0.15) is 0 Å². The lowest BCUT2D eigenvalue weighted by molar-refractivity contribution is 0.0952. The number of aromatic nitrogens is 1. The summed E-state index contributed by atoms with van der Waals surface area (Å²) in [5, 5.41) is 4.09. The Hall–Kier alpha value is -2.01. The van der Waals surface area contributed by atoms with Crippen LogP contribution in [0.3, 0.4) is 0 Å². The van der Waals surface area contributed by atoms with Gasteiger partial charge in [0.25, 0.3) is 5.91 Å². The minimum Gasteiger partial charge on any atom is -0.457 e. The quantitative estimate of drug-likeness (QED) is 0.768. The molecule has 0 unspecified atom stereocenters. The highest BCUT2D eigenvalue weighted by atomic mass is 79.9. The van der Waals surface area contributed by atoms with Gasteiger partial charge in [0, 0.05) is 23.6 Å². The van der Waals surface area contributed by atoms with Crippen molar-refractivity contribution in [3.8, 4) is 0 Å². The minimum absolute atomic E-state index is 0.134. The largest absolute Gasteiger partial charge is 0.457 e. The molecule has 0 bridgehead atoms. The first-order valence-electron chi connectivity index (χ1n) is 6.32. The van der Waals surface area contributed by atoms with Gasteiger partial charge in [-0.15, -0.1) is 0 Å². The zero-order valence-electron chi connectivity index (χ0n) is 10.7. The standard InChI is InChI=1S/C15H13BrN2O2/c16-14-12(6-8-20-14)15(19)17-7-5-10-9-18-13-4-2-1-3-11(10)13/h1-4,6,8-9,18H,5,7H2,(H,17,19). The van der Waals surface area contributed by atoms with Crippen LogP contribution in [0.2, 0.25) is 0 Å². The predicted molar refractivity (Wildman–Crippen MR) is 80.7 cm³/mol. The summed E-state index contributed by atoms with van der Waals surface area (Å²) in [5.74, 6) is -0.134. The number of benzene rings is 1. The molecule has 20 heavy (non-hydrogen) atoms. The molecule has 2 aromatic heterocycles. The van der Waals surface area contributed by atoms with Gasteiger partial charge >= 0.3 is 0 Å². The van der Waals surface area contributed by atoms with Crippen LogP contribution < -0.4 is 5.32 Å². The molecule has 0 saturated carbocycles. The SMILES string of the molecule is O=C(NCCc1c[nH]c2ccccc12)c1ccoc1Br. The van der Waals surface area contributed by atoms with Gasteiger partial charge in [0.2, 0.25) is 0 Å². The number of para-hydroxylation sites is 1. The lowest BCUT2D eigenvalue weighted by Crippen LogP contribution is -2.25. The summed E-state index contributed by atoms with van der Waals surface area (Å²) in [5.41, 5.74) is 2.84. The first-order valence-corrected chi connectivity index (χ1v) is 7.11. The molecule has 5 heteroatoms. The van der Waals surface area contributed by atoms with Crippen molar-refractivity contribution in [1.82, 2.24) is 10.3 Å². The molecule has 2 N–H and O–H groups in total. The molecule has 0 aliphatic heterocycles. The summed E-state index contributed by atoms with van der Waals surface area (Å²) >= 11 is 3.20. The van der Waals surface area contributed by atoms with E-state index in [0.717, 1.165) is 11.9 Å². The Morgan fingerprint density at radius 1 is 1.30 bits per heavy atom. The van der Waals surface area contributed by atoms with E-state index < -0.39 is 0 Å². The van der Waals surface area contributed by atoms with Crippen molar-refractivity contribution >= 4 is 32.7 Å². The fourth-order valence-corrected chi connectivity index (χ4v) is 2.62. The van der Waals surface area contributed by atoms with E-state index in [0.29, 0.717) is 16.8 Å². The van der Waals surface area contributed by atoms with E-state index in [-0.39, 0.29) is 5.91 Å². The van der Waals surface area contributed by atoms with Gasteiger partial charge in [-0.3, -0.25) is 4.79 Å². The fourth-order valence-electron chi connectivity index (χ4n) is 2.20. The molecule has 0 saturated heterocycles. The number of rotatable bonds is 4. The zero-order chi connectivity index (χ0) is 13.9. The van der Waals surface area contributed by atoms with Crippen molar-refractivity contribution in [2.24, 2.45) is 0 Å². The Labute approximate surface area is 124 Å². The molecule has 0 spiro atoms. The third-order valence-corrected chi connectivity index (χ3v) is 3.83. The molecule has 0 atom stereocenters. The highest BCUT2D eigenvalue weighted by Crippen LogP contribution is 2.19. The van der Waals surface area contributed by atoms with Crippen LogP contribution in [0.15, 0.2) is 51.9 Å². The number of halogens is 1. The topological polar surface area (TPSA) is 58.0 Å². The maximum absolute atomic E-state index is 11.9. The van der Waals surface area contributed by atoms with Gasteiger partial charge in [0.05, 0.1) is 11.8 Å². The van der Waals surface area contributed by atoms with E-state index in [2.05, 4.69) is 32.3 Å². The summed E-state index contributed by atoms with van der Waals surface area (Å²) in [6.07, 6.45) is 4.26. The third-order valence-electron chi connectivity index (χ3n) is 3.22. The van der Waals surface area contributed by atoms with Crippen LogP contribution in [0.25, 0.3) is 10.9 Å². The van der Waals surface area contributed by atoms with Crippen molar-refractivity contribution in [3.63, 3.8) is 0 Å². The molecule has 0 fully saturated rings. The first-order chi connectivity index (χ1) is 9.75. The number of aromatic amines is 1. The van der Waals surface area contributed by atoms with Gasteiger partial charge in [-0.1, -0.05) is 18.2 Å². The summed E-state index contributed by atoms with van der Waals surface area (Å²) in [6.45, 7) is 0.582. The average Bonchev–Trinajstić information content (AvgIpc) is 3.05. The van der Waals surface area contributed by atoms with Gasteiger partial charge < -0.3 is 14.7 Å². The van der Waals surface area contributed by atoms with Crippen LogP contribution in [0, 0.1) is 0 Å². The number of hydrogen-bond donors (Lipinski definition) is 2.